The number of carbonyl (C=O) groups is 2. The molecule has 0 aromatic carbocycles. The molecule has 5 heteroatoms. The Bertz CT molecular complexity index is 315. The highest BCUT2D eigenvalue weighted by atomic mass is 16.2. The molecule has 2 amide bonds. The van der Waals surface area contributed by atoms with Gasteiger partial charge >= 0.3 is 0 Å². The molecule has 2 atom stereocenters. The molecule has 3 N–H and O–H groups in total. The van der Waals surface area contributed by atoms with Crippen molar-refractivity contribution >= 4 is 11.8 Å². The lowest BCUT2D eigenvalue weighted by Crippen LogP contribution is -2.41. The summed E-state index contributed by atoms with van der Waals surface area (Å²) in [5.41, 5.74) is 5.69. The largest absolute Gasteiger partial charge is 0.355 e. The van der Waals surface area contributed by atoms with Crippen LogP contribution in [-0.4, -0.2) is 42.9 Å². The van der Waals surface area contributed by atoms with Crippen LogP contribution in [0, 0.1) is 5.92 Å². The fourth-order valence-electron chi connectivity index (χ4n) is 1.81. The third kappa shape index (κ3) is 4.19. The van der Waals surface area contributed by atoms with Gasteiger partial charge in [-0.1, -0.05) is 19.1 Å². The summed E-state index contributed by atoms with van der Waals surface area (Å²) >= 11 is 0. The average molecular weight is 239 g/mol. The number of rotatable bonds is 5. The summed E-state index contributed by atoms with van der Waals surface area (Å²) in [4.78, 5) is 24.8. The SMILES string of the molecule is CCCNC(=O)CN(C)C(=O)C1C=CC(N)C1. The third-order valence-corrected chi connectivity index (χ3v) is 2.76. The van der Waals surface area contributed by atoms with E-state index in [-0.39, 0.29) is 30.3 Å². The number of hydrogen-bond donors (Lipinski definition) is 2. The Kier molecular flexibility index (Phi) is 5.15. The van der Waals surface area contributed by atoms with Gasteiger partial charge in [-0.2, -0.15) is 0 Å². The van der Waals surface area contributed by atoms with Crippen LogP contribution in [0.3, 0.4) is 0 Å². The molecule has 0 saturated heterocycles. The zero-order chi connectivity index (χ0) is 12.8. The maximum Gasteiger partial charge on any atom is 0.239 e. The zero-order valence-corrected chi connectivity index (χ0v) is 10.5. The first kappa shape index (κ1) is 13.7. The fourth-order valence-corrected chi connectivity index (χ4v) is 1.81. The summed E-state index contributed by atoms with van der Waals surface area (Å²) in [6.07, 6.45) is 5.20. The third-order valence-electron chi connectivity index (χ3n) is 2.76. The lowest BCUT2D eigenvalue weighted by molar-refractivity contribution is -0.136. The average Bonchev–Trinajstić information content (AvgIpc) is 2.72. The normalized spacial score (nSPS) is 22.5. The summed E-state index contributed by atoms with van der Waals surface area (Å²) in [5.74, 6) is -0.330. The predicted octanol–water partition coefficient (Wildman–Crippen LogP) is -0.126. The Morgan fingerprint density at radius 3 is 2.71 bits per heavy atom. The van der Waals surface area contributed by atoms with Gasteiger partial charge in [0.05, 0.1) is 12.5 Å². The molecule has 96 valence electrons. The standard InChI is InChI=1S/C12H21N3O2/c1-3-6-14-11(16)8-15(2)12(17)9-4-5-10(13)7-9/h4-5,9-10H,3,6-8,13H2,1-2H3,(H,14,16). The topological polar surface area (TPSA) is 75.4 Å². The van der Waals surface area contributed by atoms with Gasteiger partial charge in [-0.05, 0) is 12.8 Å². The Hall–Kier alpha value is -1.36. The van der Waals surface area contributed by atoms with E-state index in [0.717, 1.165) is 6.42 Å². The molecule has 17 heavy (non-hydrogen) atoms. The van der Waals surface area contributed by atoms with Crippen molar-refractivity contribution in [1.82, 2.24) is 10.2 Å². The number of nitrogens with two attached hydrogens (primary N) is 1. The molecule has 1 aliphatic carbocycles. The fraction of sp³-hybridized carbons (Fsp3) is 0.667. The summed E-state index contributed by atoms with van der Waals surface area (Å²) in [5, 5.41) is 2.74. The van der Waals surface area contributed by atoms with E-state index in [1.54, 1.807) is 7.05 Å². The van der Waals surface area contributed by atoms with Gasteiger partial charge in [0.25, 0.3) is 0 Å². The van der Waals surface area contributed by atoms with Crippen molar-refractivity contribution in [3.8, 4) is 0 Å². The number of nitrogens with zero attached hydrogens (tertiary/aromatic N) is 1. The second-order valence-electron chi connectivity index (χ2n) is 4.44. The molecule has 1 aliphatic rings. The van der Waals surface area contributed by atoms with E-state index in [1.165, 1.54) is 4.90 Å². The molecule has 1 rings (SSSR count). The van der Waals surface area contributed by atoms with Gasteiger partial charge in [-0.25, -0.2) is 0 Å². The highest BCUT2D eigenvalue weighted by Crippen LogP contribution is 2.18. The molecule has 0 bridgehead atoms. The highest BCUT2D eigenvalue weighted by Gasteiger charge is 2.26. The Balaban J connectivity index is 2.37. The molecule has 5 nitrogen and oxygen atoms in total. The summed E-state index contributed by atoms with van der Waals surface area (Å²) < 4.78 is 0. The quantitative estimate of drug-likeness (QED) is 0.656. The van der Waals surface area contributed by atoms with Gasteiger partial charge in [0, 0.05) is 19.6 Å². The molecule has 2 unspecified atom stereocenters. The van der Waals surface area contributed by atoms with Crippen molar-refractivity contribution < 1.29 is 9.59 Å². The minimum absolute atomic E-state index is 0.0359. The van der Waals surface area contributed by atoms with Crippen LogP contribution >= 0.6 is 0 Å². The minimum atomic E-state index is -0.172. The van der Waals surface area contributed by atoms with Gasteiger partial charge in [-0.15, -0.1) is 0 Å². The van der Waals surface area contributed by atoms with Crippen LogP contribution in [0.1, 0.15) is 19.8 Å². The second-order valence-corrected chi connectivity index (χ2v) is 4.44. The maximum absolute atomic E-state index is 11.9. The van der Waals surface area contributed by atoms with Crippen molar-refractivity contribution in [2.24, 2.45) is 11.7 Å². The van der Waals surface area contributed by atoms with Gasteiger partial charge in [0.1, 0.15) is 0 Å². The van der Waals surface area contributed by atoms with Crippen LogP contribution in [0.5, 0.6) is 0 Å². The van der Waals surface area contributed by atoms with Crippen LogP contribution < -0.4 is 11.1 Å². The van der Waals surface area contributed by atoms with Crippen LogP contribution in [0.2, 0.25) is 0 Å². The molecule has 0 saturated carbocycles. The summed E-state index contributed by atoms with van der Waals surface area (Å²) in [6, 6.07) is -0.0359. The molecule has 0 aliphatic heterocycles. The monoisotopic (exact) mass is 239 g/mol. The zero-order valence-electron chi connectivity index (χ0n) is 10.5. The van der Waals surface area contributed by atoms with Gasteiger partial charge < -0.3 is 16.0 Å². The first-order valence-electron chi connectivity index (χ1n) is 6.00. The van der Waals surface area contributed by atoms with Crippen molar-refractivity contribution in [1.29, 1.82) is 0 Å². The lowest BCUT2D eigenvalue weighted by Gasteiger charge is -2.20. The van der Waals surface area contributed by atoms with E-state index in [9.17, 15) is 9.59 Å². The van der Waals surface area contributed by atoms with Crippen molar-refractivity contribution in [3.63, 3.8) is 0 Å². The second kappa shape index (κ2) is 6.39. The smallest absolute Gasteiger partial charge is 0.239 e. The molecule has 0 radical (unpaired) electrons. The number of carbonyl (C=O) groups excluding carboxylic acids is 2. The maximum atomic E-state index is 11.9. The number of hydrogen-bond acceptors (Lipinski definition) is 3. The van der Waals surface area contributed by atoms with Crippen LogP contribution in [-0.2, 0) is 9.59 Å². The van der Waals surface area contributed by atoms with E-state index >= 15 is 0 Å². The molecule has 0 heterocycles. The molecular weight excluding hydrogens is 218 g/mol. The van der Waals surface area contributed by atoms with E-state index in [0.29, 0.717) is 13.0 Å². The van der Waals surface area contributed by atoms with Crippen LogP contribution in [0.4, 0.5) is 0 Å². The molecular formula is C12H21N3O2. The molecule has 0 aromatic heterocycles. The summed E-state index contributed by atoms with van der Waals surface area (Å²) in [7, 11) is 1.64. The van der Waals surface area contributed by atoms with Gasteiger partial charge in [0.15, 0.2) is 0 Å². The van der Waals surface area contributed by atoms with E-state index in [2.05, 4.69) is 5.32 Å². The lowest BCUT2D eigenvalue weighted by atomic mass is 10.1. The highest BCUT2D eigenvalue weighted by molar-refractivity contribution is 5.86. The van der Waals surface area contributed by atoms with Gasteiger partial charge in [-0.3, -0.25) is 9.59 Å². The van der Waals surface area contributed by atoms with Crippen LogP contribution in [0.15, 0.2) is 12.2 Å². The Labute approximate surface area is 102 Å². The Morgan fingerprint density at radius 2 is 2.18 bits per heavy atom. The van der Waals surface area contributed by atoms with E-state index in [1.807, 2.05) is 19.1 Å². The molecule has 0 spiro atoms. The first-order chi connectivity index (χ1) is 8.04. The molecule has 0 aromatic rings. The number of likely N-dealkylation sites (N-methyl/N-ethyl adjacent to an activating group) is 1. The predicted molar refractivity (Wildman–Crippen MR) is 66.2 cm³/mol. The van der Waals surface area contributed by atoms with Crippen molar-refractivity contribution in [2.75, 3.05) is 20.1 Å². The van der Waals surface area contributed by atoms with Crippen molar-refractivity contribution in [2.45, 2.75) is 25.8 Å². The minimum Gasteiger partial charge on any atom is -0.355 e. The summed E-state index contributed by atoms with van der Waals surface area (Å²) in [6.45, 7) is 2.74. The number of amides is 2. The first-order valence-corrected chi connectivity index (χ1v) is 6.00. The Morgan fingerprint density at radius 1 is 1.47 bits per heavy atom. The van der Waals surface area contributed by atoms with E-state index < -0.39 is 0 Å². The van der Waals surface area contributed by atoms with Gasteiger partial charge in [0.2, 0.25) is 11.8 Å². The molecule has 0 fully saturated rings. The number of nitrogens with one attached hydrogen (secondary N) is 1. The van der Waals surface area contributed by atoms with Crippen molar-refractivity contribution in [3.05, 3.63) is 12.2 Å². The van der Waals surface area contributed by atoms with Crippen LogP contribution in [0.25, 0.3) is 0 Å². The van der Waals surface area contributed by atoms with E-state index in [4.69, 9.17) is 5.73 Å².